The number of nitrogens with two attached hydrogens (primary N) is 1. The predicted molar refractivity (Wildman–Crippen MR) is 55.3 cm³/mol. The zero-order valence-electron chi connectivity index (χ0n) is 7.58. The van der Waals surface area contributed by atoms with Gasteiger partial charge in [0.15, 0.2) is 9.76 Å². The van der Waals surface area contributed by atoms with E-state index in [2.05, 4.69) is 19.9 Å². The Balaban J connectivity index is 2.52. The topological polar surface area (TPSA) is 35.2 Å². The van der Waals surface area contributed by atoms with Gasteiger partial charge in [-0.2, -0.15) is 0 Å². The van der Waals surface area contributed by atoms with Crippen molar-refractivity contribution >= 4 is 20.6 Å². The third-order valence-corrected chi connectivity index (χ3v) is 3.14. The maximum absolute atomic E-state index is 5.63. The second kappa shape index (κ2) is 4.28. The summed E-state index contributed by atoms with van der Waals surface area (Å²) >= 11 is 0. The predicted octanol–water partition coefficient (Wildman–Crippen LogP) is 0.403. The van der Waals surface area contributed by atoms with Crippen LogP contribution in [0, 0.1) is 0 Å². The third kappa shape index (κ3) is 3.07. The van der Waals surface area contributed by atoms with E-state index in [-0.39, 0.29) is 0 Å². The molecule has 66 valence electrons. The molecule has 12 heavy (non-hydrogen) atoms. The van der Waals surface area contributed by atoms with Crippen LogP contribution in [0.15, 0.2) is 24.3 Å². The lowest BCUT2D eigenvalue weighted by Crippen LogP contribution is -2.20. The average molecular weight is 181 g/mol. The summed E-state index contributed by atoms with van der Waals surface area (Å²) < 4.78 is 5.57. The molecule has 1 aromatic carbocycles. The van der Waals surface area contributed by atoms with Gasteiger partial charge >= 0.3 is 0 Å². The highest BCUT2D eigenvalue weighted by atomic mass is 28.2. The van der Waals surface area contributed by atoms with Crippen molar-refractivity contribution < 1.29 is 4.43 Å². The van der Waals surface area contributed by atoms with E-state index in [1.54, 1.807) is 0 Å². The molecule has 1 aromatic rings. The summed E-state index contributed by atoms with van der Waals surface area (Å²) in [6.45, 7) is 4.11. The molecular weight excluding hydrogens is 166 g/mol. The zero-order valence-corrected chi connectivity index (χ0v) is 8.99. The first-order valence-corrected chi connectivity index (χ1v) is 5.43. The van der Waals surface area contributed by atoms with E-state index in [1.165, 1.54) is 5.19 Å². The summed E-state index contributed by atoms with van der Waals surface area (Å²) in [7, 11) is -0.560. The molecule has 0 bridgehead atoms. The molecule has 0 atom stereocenters. The molecule has 0 fully saturated rings. The Morgan fingerprint density at radius 2 is 2.17 bits per heavy atom. The first-order valence-electron chi connectivity index (χ1n) is 4.14. The van der Waals surface area contributed by atoms with Gasteiger partial charge in [-0.05, 0) is 31.2 Å². The van der Waals surface area contributed by atoms with Gasteiger partial charge in [0.1, 0.15) is 0 Å². The average Bonchev–Trinajstić information content (AvgIpc) is 2.01. The summed E-state index contributed by atoms with van der Waals surface area (Å²) in [5.74, 6) is 0. The molecule has 0 aliphatic rings. The first kappa shape index (κ1) is 9.29. The Kier molecular flexibility index (Phi) is 3.31. The van der Waals surface area contributed by atoms with Crippen LogP contribution < -0.4 is 10.9 Å². The van der Waals surface area contributed by atoms with Crippen LogP contribution in [0.1, 0.15) is 13.8 Å². The lowest BCUT2D eigenvalue weighted by atomic mass is 10.3. The van der Waals surface area contributed by atoms with Crippen molar-refractivity contribution in [1.29, 1.82) is 0 Å². The molecule has 0 aliphatic carbocycles. The van der Waals surface area contributed by atoms with Gasteiger partial charge in [-0.15, -0.1) is 0 Å². The molecule has 0 amide bonds. The first-order chi connectivity index (χ1) is 5.68. The van der Waals surface area contributed by atoms with Crippen molar-refractivity contribution in [2.75, 3.05) is 5.73 Å². The van der Waals surface area contributed by atoms with Gasteiger partial charge in [0.25, 0.3) is 0 Å². The Labute approximate surface area is 75.7 Å². The molecule has 0 saturated heterocycles. The molecule has 0 saturated carbocycles. The van der Waals surface area contributed by atoms with Gasteiger partial charge < -0.3 is 10.2 Å². The highest BCUT2D eigenvalue weighted by molar-refractivity contribution is 6.47. The van der Waals surface area contributed by atoms with E-state index in [0.717, 1.165) is 5.69 Å². The van der Waals surface area contributed by atoms with Crippen molar-refractivity contribution in [3.63, 3.8) is 0 Å². The van der Waals surface area contributed by atoms with E-state index in [4.69, 9.17) is 10.2 Å². The second-order valence-corrected chi connectivity index (χ2v) is 4.54. The molecule has 0 aliphatic heterocycles. The van der Waals surface area contributed by atoms with E-state index in [1.807, 2.05) is 18.2 Å². The van der Waals surface area contributed by atoms with Crippen LogP contribution in [0.25, 0.3) is 0 Å². The maximum Gasteiger partial charge on any atom is 0.192 e. The van der Waals surface area contributed by atoms with Crippen LogP contribution in [0.3, 0.4) is 0 Å². The van der Waals surface area contributed by atoms with Gasteiger partial charge in [-0.3, -0.25) is 0 Å². The van der Waals surface area contributed by atoms with Gasteiger partial charge in [0, 0.05) is 11.8 Å². The molecule has 0 heterocycles. The molecule has 3 heteroatoms. The monoisotopic (exact) mass is 181 g/mol. The van der Waals surface area contributed by atoms with Gasteiger partial charge in [0.05, 0.1) is 0 Å². The molecule has 0 unspecified atom stereocenters. The normalized spacial score (nSPS) is 11.6. The van der Waals surface area contributed by atoms with Crippen LogP contribution in [0.5, 0.6) is 0 Å². The molecule has 2 N–H and O–H groups in total. The van der Waals surface area contributed by atoms with Crippen molar-refractivity contribution in [3.05, 3.63) is 24.3 Å². The highest BCUT2D eigenvalue weighted by Crippen LogP contribution is 1.96. The maximum atomic E-state index is 5.63. The quantitative estimate of drug-likeness (QED) is 0.541. The fraction of sp³-hybridized carbons (Fsp3) is 0.333. The Bertz CT molecular complexity index is 250. The summed E-state index contributed by atoms with van der Waals surface area (Å²) in [6, 6.07) is 7.94. The Hall–Kier alpha value is -0.803. The summed E-state index contributed by atoms with van der Waals surface area (Å²) in [5.41, 5.74) is 6.46. The van der Waals surface area contributed by atoms with E-state index in [9.17, 15) is 0 Å². The Morgan fingerprint density at radius 3 is 2.75 bits per heavy atom. The molecule has 2 nitrogen and oxygen atoms in total. The highest BCUT2D eigenvalue weighted by Gasteiger charge is 1.96. The third-order valence-electron chi connectivity index (χ3n) is 1.53. The van der Waals surface area contributed by atoms with Crippen molar-refractivity contribution in [2.24, 2.45) is 0 Å². The second-order valence-electron chi connectivity index (χ2n) is 3.10. The summed E-state index contributed by atoms with van der Waals surface area (Å²) in [5, 5.41) is 1.27. The molecular formula is C9H15NOSi. The van der Waals surface area contributed by atoms with Crippen molar-refractivity contribution in [1.82, 2.24) is 0 Å². The van der Waals surface area contributed by atoms with E-state index >= 15 is 0 Å². The van der Waals surface area contributed by atoms with Gasteiger partial charge in [-0.1, -0.05) is 12.1 Å². The molecule has 0 radical (unpaired) electrons. The van der Waals surface area contributed by atoms with Crippen molar-refractivity contribution in [3.8, 4) is 0 Å². The largest absolute Gasteiger partial charge is 0.416 e. The lowest BCUT2D eigenvalue weighted by Gasteiger charge is -2.07. The van der Waals surface area contributed by atoms with Gasteiger partial charge in [0.2, 0.25) is 0 Å². The fourth-order valence-electron chi connectivity index (χ4n) is 0.946. The van der Waals surface area contributed by atoms with Crippen LogP contribution in [-0.2, 0) is 4.43 Å². The van der Waals surface area contributed by atoms with Crippen LogP contribution >= 0.6 is 0 Å². The van der Waals surface area contributed by atoms with Gasteiger partial charge in [-0.25, -0.2) is 0 Å². The van der Waals surface area contributed by atoms with E-state index < -0.39 is 9.76 Å². The zero-order chi connectivity index (χ0) is 8.97. The molecule has 0 spiro atoms. The van der Waals surface area contributed by atoms with Crippen LogP contribution in [-0.4, -0.2) is 15.9 Å². The minimum Gasteiger partial charge on any atom is -0.416 e. The number of hydrogen-bond donors (Lipinski definition) is 1. The summed E-state index contributed by atoms with van der Waals surface area (Å²) in [4.78, 5) is 0. The van der Waals surface area contributed by atoms with Crippen molar-refractivity contribution in [2.45, 2.75) is 20.0 Å². The molecule has 1 rings (SSSR count). The lowest BCUT2D eigenvalue weighted by molar-refractivity contribution is 0.260. The number of nitrogen functional groups attached to an aromatic ring is 1. The minimum absolute atomic E-state index is 0.332. The van der Waals surface area contributed by atoms with Crippen LogP contribution in [0.2, 0.25) is 0 Å². The molecule has 0 aromatic heterocycles. The number of rotatable bonds is 3. The number of hydrogen-bond acceptors (Lipinski definition) is 2. The smallest absolute Gasteiger partial charge is 0.192 e. The standard InChI is InChI=1S/C9H15NOSi/c1-7(2)11-12-9-5-3-4-8(10)6-9/h3-7H,10,12H2,1-2H3. The number of benzene rings is 1. The minimum atomic E-state index is -0.560. The Morgan fingerprint density at radius 1 is 1.42 bits per heavy atom. The van der Waals surface area contributed by atoms with Crippen LogP contribution in [0.4, 0.5) is 5.69 Å². The number of anilines is 1. The fourth-order valence-corrected chi connectivity index (χ4v) is 2.02. The van der Waals surface area contributed by atoms with E-state index in [0.29, 0.717) is 6.10 Å². The SMILES string of the molecule is CC(C)O[SiH2]c1cccc(N)c1. The summed E-state index contributed by atoms with van der Waals surface area (Å²) in [6.07, 6.45) is 0.332.